The van der Waals surface area contributed by atoms with Gasteiger partial charge >= 0.3 is 0 Å². The molecule has 2 aromatic carbocycles. The molecule has 1 N–H and O–H groups in total. The van der Waals surface area contributed by atoms with Crippen molar-refractivity contribution < 1.29 is 0 Å². The first-order valence-electron chi connectivity index (χ1n) is 6.99. The van der Waals surface area contributed by atoms with Crippen LogP contribution in [-0.2, 0) is 0 Å². The van der Waals surface area contributed by atoms with Gasteiger partial charge in [-0.2, -0.15) is 0 Å². The molecule has 1 unspecified atom stereocenters. The summed E-state index contributed by atoms with van der Waals surface area (Å²) < 4.78 is 1.15. The molecule has 0 amide bonds. The van der Waals surface area contributed by atoms with Crippen LogP contribution in [0.2, 0.25) is 0 Å². The molecule has 0 fully saturated rings. The molecule has 20 heavy (non-hydrogen) atoms. The molecule has 2 heteroatoms. The van der Waals surface area contributed by atoms with Crippen LogP contribution in [0.5, 0.6) is 0 Å². The third-order valence-electron chi connectivity index (χ3n) is 3.71. The van der Waals surface area contributed by atoms with Gasteiger partial charge in [-0.3, -0.25) is 0 Å². The molecule has 0 aromatic heterocycles. The minimum Gasteiger partial charge on any atom is -0.378 e. The Bertz CT molecular complexity index is 608. The molecule has 1 nitrogen and oxygen atoms in total. The minimum absolute atomic E-state index is 0.302. The molecule has 2 aromatic rings. The van der Waals surface area contributed by atoms with Crippen molar-refractivity contribution in [2.75, 3.05) is 5.32 Å². The van der Waals surface area contributed by atoms with Crippen LogP contribution in [0.15, 0.2) is 34.8 Å². The SMILES string of the molecule is Cc1cc(C)c(C(C)Nc2ccc(Br)c(C)c2)c(C)c1. The number of rotatable bonds is 3. The normalized spacial score (nSPS) is 12.3. The third-order valence-corrected chi connectivity index (χ3v) is 4.60. The van der Waals surface area contributed by atoms with Crippen molar-refractivity contribution in [3.8, 4) is 0 Å². The molecular weight excluding hydrogens is 310 g/mol. The van der Waals surface area contributed by atoms with Crippen LogP contribution in [-0.4, -0.2) is 0 Å². The second-order valence-electron chi connectivity index (χ2n) is 5.64. The zero-order chi connectivity index (χ0) is 14.9. The zero-order valence-corrected chi connectivity index (χ0v) is 14.4. The molecule has 0 saturated carbocycles. The van der Waals surface area contributed by atoms with Crippen LogP contribution in [0.4, 0.5) is 5.69 Å². The third kappa shape index (κ3) is 3.24. The quantitative estimate of drug-likeness (QED) is 0.743. The van der Waals surface area contributed by atoms with E-state index in [0.29, 0.717) is 6.04 Å². The van der Waals surface area contributed by atoms with Gasteiger partial charge in [-0.25, -0.2) is 0 Å². The highest BCUT2D eigenvalue weighted by Crippen LogP contribution is 2.28. The van der Waals surface area contributed by atoms with E-state index in [1.54, 1.807) is 0 Å². The van der Waals surface area contributed by atoms with Gasteiger partial charge in [0.05, 0.1) is 0 Å². The first-order chi connectivity index (χ1) is 9.38. The fourth-order valence-corrected chi connectivity index (χ4v) is 3.18. The zero-order valence-electron chi connectivity index (χ0n) is 12.8. The number of halogens is 1. The molecule has 0 spiro atoms. The maximum Gasteiger partial charge on any atom is 0.0490 e. The summed E-state index contributed by atoms with van der Waals surface area (Å²) in [5.74, 6) is 0. The number of aryl methyl sites for hydroxylation is 4. The Balaban J connectivity index is 2.28. The summed E-state index contributed by atoms with van der Waals surface area (Å²) in [4.78, 5) is 0. The van der Waals surface area contributed by atoms with E-state index >= 15 is 0 Å². The van der Waals surface area contributed by atoms with Crippen molar-refractivity contribution in [1.82, 2.24) is 0 Å². The van der Waals surface area contributed by atoms with E-state index in [2.05, 4.69) is 86.2 Å². The lowest BCUT2D eigenvalue weighted by Crippen LogP contribution is -2.10. The fourth-order valence-electron chi connectivity index (χ4n) is 2.93. The molecule has 0 heterocycles. The summed E-state index contributed by atoms with van der Waals surface area (Å²) in [6, 6.07) is 11.2. The Hall–Kier alpha value is -1.28. The highest BCUT2D eigenvalue weighted by atomic mass is 79.9. The van der Waals surface area contributed by atoms with E-state index in [4.69, 9.17) is 0 Å². The number of hydrogen-bond donors (Lipinski definition) is 1. The van der Waals surface area contributed by atoms with Gasteiger partial charge in [0.1, 0.15) is 0 Å². The van der Waals surface area contributed by atoms with E-state index in [0.717, 1.165) is 10.2 Å². The Morgan fingerprint density at radius 3 is 2.05 bits per heavy atom. The van der Waals surface area contributed by atoms with Gasteiger partial charge in [0, 0.05) is 16.2 Å². The van der Waals surface area contributed by atoms with Crippen molar-refractivity contribution in [2.45, 2.75) is 40.7 Å². The monoisotopic (exact) mass is 331 g/mol. The van der Waals surface area contributed by atoms with Crippen molar-refractivity contribution in [1.29, 1.82) is 0 Å². The highest BCUT2D eigenvalue weighted by Gasteiger charge is 2.12. The van der Waals surface area contributed by atoms with Crippen LogP contribution < -0.4 is 5.32 Å². The van der Waals surface area contributed by atoms with Crippen LogP contribution in [0, 0.1) is 27.7 Å². The molecule has 0 aliphatic carbocycles. The predicted molar refractivity (Wildman–Crippen MR) is 91.6 cm³/mol. The summed E-state index contributed by atoms with van der Waals surface area (Å²) >= 11 is 3.54. The summed E-state index contributed by atoms with van der Waals surface area (Å²) in [6.07, 6.45) is 0. The number of anilines is 1. The predicted octanol–water partition coefficient (Wildman–Crippen LogP) is 5.86. The van der Waals surface area contributed by atoms with Crippen LogP contribution in [0.25, 0.3) is 0 Å². The molecule has 0 bridgehead atoms. The van der Waals surface area contributed by atoms with Crippen LogP contribution in [0.1, 0.15) is 40.8 Å². The molecule has 0 aliphatic rings. The lowest BCUT2D eigenvalue weighted by atomic mass is 9.94. The largest absolute Gasteiger partial charge is 0.378 e. The van der Waals surface area contributed by atoms with E-state index in [1.165, 1.54) is 27.8 Å². The standard InChI is InChI=1S/C18H22BrN/c1-11-8-13(3)18(14(4)9-11)15(5)20-16-6-7-17(19)12(2)10-16/h6-10,15,20H,1-5H3. The molecule has 2 rings (SSSR count). The van der Waals surface area contributed by atoms with Gasteiger partial charge in [0.25, 0.3) is 0 Å². The van der Waals surface area contributed by atoms with Crippen LogP contribution >= 0.6 is 15.9 Å². The highest BCUT2D eigenvalue weighted by molar-refractivity contribution is 9.10. The van der Waals surface area contributed by atoms with Gasteiger partial charge in [0.15, 0.2) is 0 Å². The summed E-state index contributed by atoms with van der Waals surface area (Å²) in [5, 5.41) is 3.61. The van der Waals surface area contributed by atoms with E-state index < -0.39 is 0 Å². The lowest BCUT2D eigenvalue weighted by Gasteiger charge is -2.21. The maximum absolute atomic E-state index is 3.61. The van der Waals surface area contributed by atoms with Gasteiger partial charge in [-0.1, -0.05) is 33.6 Å². The molecule has 0 aliphatic heterocycles. The summed E-state index contributed by atoms with van der Waals surface area (Å²) in [7, 11) is 0. The number of nitrogens with one attached hydrogen (secondary N) is 1. The first-order valence-corrected chi connectivity index (χ1v) is 7.78. The fraction of sp³-hybridized carbons (Fsp3) is 0.333. The average molecular weight is 332 g/mol. The Labute approximate surface area is 130 Å². The molecule has 106 valence electrons. The molecule has 0 saturated heterocycles. The van der Waals surface area contributed by atoms with E-state index in [1.807, 2.05) is 0 Å². The smallest absolute Gasteiger partial charge is 0.0490 e. The average Bonchev–Trinajstić information content (AvgIpc) is 2.32. The Morgan fingerprint density at radius 1 is 0.900 bits per heavy atom. The summed E-state index contributed by atoms with van der Waals surface area (Å²) in [6.45, 7) is 10.9. The van der Waals surface area contributed by atoms with Gasteiger partial charge < -0.3 is 5.32 Å². The van der Waals surface area contributed by atoms with Crippen LogP contribution in [0.3, 0.4) is 0 Å². The van der Waals surface area contributed by atoms with Crippen molar-refractivity contribution in [3.63, 3.8) is 0 Å². The van der Waals surface area contributed by atoms with Crippen molar-refractivity contribution in [3.05, 3.63) is 62.6 Å². The van der Waals surface area contributed by atoms with Gasteiger partial charge in [-0.05, 0) is 75.1 Å². The minimum atomic E-state index is 0.302. The van der Waals surface area contributed by atoms with Crippen molar-refractivity contribution in [2.24, 2.45) is 0 Å². The van der Waals surface area contributed by atoms with E-state index in [-0.39, 0.29) is 0 Å². The van der Waals surface area contributed by atoms with Crippen molar-refractivity contribution >= 4 is 21.6 Å². The molecular formula is C18H22BrN. The van der Waals surface area contributed by atoms with Gasteiger partial charge in [0.2, 0.25) is 0 Å². The topological polar surface area (TPSA) is 12.0 Å². The first kappa shape index (κ1) is 15.1. The summed E-state index contributed by atoms with van der Waals surface area (Å²) in [5.41, 5.74) is 7.86. The molecule has 0 radical (unpaired) electrons. The Morgan fingerprint density at radius 2 is 1.50 bits per heavy atom. The lowest BCUT2D eigenvalue weighted by molar-refractivity contribution is 0.861. The number of benzene rings is 2. The number of hydrogen-bond acceptors (Lipinski definition) is 1. The van der Waals surface area contributed by atoms with Gasteiger partial charge in [-0.15, -0.1) is 0 Å². The second-order valence-corrected chi connectivity index (χ2v) is 6.50. The maximum atomic E-state index is 3.61. The Kier molecular flexibility index (Phi) is 4.54. The second kappa shape index (κ2) is 6.01. The molecule has 1 atom stereocenters. The van der Waals surface area contributed by atoms with E-state index in [9.17, 15) is 0 Å².